The molecule has 1 aliphatic heterocycles. The molecule has 0 radical (unpaired) electrons. The summed E-state index contributed by atoms with van der Waals surface area (Å²) in [6.45, 7) is 6.29. The highest BCUT2D eigenvalue weighted by Gasteiger charge is 2.14. The second-order valence-electron chi connectivity index (χ2n) is 8.81. The van der Waals surface area contributed by atoms with Gasteiger partial charge in [0.15, 0.2) is 0 Å². The maximum absolute atomic E-state index is 12.3. The van der Waals surface area contributed by atoms with Gasteiger partial charge in [0.25, 0.3) is 0 Å². The second-order valence-corrected chi connectivity index (χ2v) is 9.66. The summed E-state index contributed by atoms with van der Waals surface area (Å²) in [4.78, 5) is 21.9. The van der Waals surface area contributed by atoms with E-state index in [1.54, 1.807) is 11.3 Å². The van der Waals surface area contributed by atoms with E-state index in [-0.39, 0.29) is 5.91 Å². The Bertz CT molecular complexity index is 881. The molecular formula is C25H34N4OS. The number of thiazole rings is 1. The third kappa shape index (κ3) is 6.73. The van der Waals surface area contributed by atoms with E-state index < -0.39 is 0 Å². The Morgan fingerprint density at radius 2 is 1.94 bits per heavy atom. The zero-order chi connectivity index (χ0) is 21.5. The zero-order valence-electron chi connectivity index (χ0n) is 18.6. The van der Waals surface area contributed by atoms with Crippen LogP contribution in [-0.2, 0) is 17.8 Å². The Morgan fingerprint density at radius 3 is 2.68 bits per heavy atom. The van der Waals surface area contributed by atoms with Crippen molar-refractivity contribution < 1.29 is 4.79 Å². The first-order valence-corrected chi connectivity index (χ1v) is 12.4. The van der Waals surface area contributed by atoms with Gasteiger partial charge in [-0.15, -0.1) is 11.3 Å². The quantitative estimate of drug-likeness (QED) is 0.630. The second kappa shape index (κ2) is 11.0. The predicted octanol–water partition coefficient (Wildman–Crippen LogP) is 4.11. The van der Waals surface area contributed by atoms with Gasteiger partial charge in [0.1, 0.15) is 5.01 Å². The topological polar surface area (TPSA) is 48.5 Å². The van der Waals surface area contributed by atoms with Gasteiger partial charge in [0, 0.05) is 50.2 Å². The van der Waals surface area contributed by atoms with Crippen LogP contribution in [0.2, 0.25) is 0 Å². The SMILES string of the molecule is CN1CCN(Cc2ccc(-c3nc(CC(=O)NCCC4=CCCCC4)cs3)cc2)CC1. The molecule has 2 aromatic rings. The van der Waals surface area contributed by atoms with Crippen molar-refractivity contribution in [1.82, 2.24) is 20.1 Å². The summed E-state index contributed by atoms with van der Waals surface area (Å²) in [5, 5.41) is 6.05. The molecule has 31 heavy (non-hydrogen) atoms. The summed E-state index contributed by atoms with van der Waals surface area (Å²) in [5.74, 6) is 0.0655. The summed E-state index contributed by atoms with van der Waals surface area (Å²) in [6, 6.07) is 8.74. The fraction of sp³-hybridized carbons (Fsp3) is 0.520. The van der Waals surface area contributed by atoms with Crippen LogP contribution in [0.3, 0.4) is 0 Å². The molecule has 0 saturated carbocycles. The van der Waals surface area contributed by atoms with Gasteiger partial charge < -0.3 is 10.2 Å². The predicted molar refractivity (Wildman–Crippen MR) is 128 cm³/mol. The molecule has 1 aromatic heterocycles. The first-order chi connectivity index (χ1) is 15.2. The molecule has 0 unspecified atom stereocenters. The highest BCUT2D eigenvalue weighted by molar-refractivity contribution is 7.13. The molecule has 2 heterocycles. The number of piperazine rings is 1. The monoisotopic (exact) mass is 438 g/mol. The largest absolute Gasteiger partial charge is 0.355 e. The third-order valence-electron chi connectivity index (χ3n) is 6.25. The molecule has 1 saturated heterocycles. The molecule has 0 atom stereocenters. The number of carbonyl (C=O) groups excluding carboxylic acids is 1. The highest BCUT2D eigenvalue weighted by atomic mass is 32.1. The van der Waals surface area contributed by atoms with E-state index in [4.69, 9.17) is 4.98 Å². The number of likely N-dealkylation sites (N-methyl/N-ethyl adjacent to an activating group) is 1. The van der Waals surface area contributed by atoms with E-state index in [0.717, 1.165) is 62.0 Å². The number of rotatable bonds is 8. The lowest BCUT2D eigenvalue weighted by atomic mass is 9.97. The van der Waals surface area contributed by atoms with Gasteiger partial charge in [-0.1, -0.05) is 35.9 Å². The summed E-state index contributed by atoms with van der Waals surface area (Å²) in [5.41, 5.74) is 4.83. The number of nitrogens with one attached hydrogen (secondary N) is 1. The Balaban J connectivity index is 1.24. The summed E-state index contributed by atoms with van der Waals surface area (Å²) in [6.07, 6.45) is 8.67. The van der Waals surface area contributed by atoms with Crippen LogP contribution in [-0.4, -0.2) is 60.5 Å². The number of nitrogens with zero attached hydrogens (tertiary/aromatic N) is 3. The van der Waals surface area contributed by atoms with Crippen LogP contribution in [0, 0.1) is 0 Å². The van der Waals surface area contributed by atoms with E-state index in [0.29, 0.717) is 6.42 Å². The molecule has 1 aliphatic carbocycles. The number of allylic oxidation sites excluding steroid dienone is 1. The van der Waals surface area contributed by atoms with Crippen molar-refractivity contribution in [2.45, 2.75) is 45.1 Å². The molecular weight excluding hydrogens is 404 g/mol. The molecule has 5 nitrogen and oxygen atoms in total. The average Bonchev–Trinajstić information content (AvgIpc) is 3.25. The minimum Gasteiger partial charge on any atom is -0.355 e. The van der Waals surface area contributed by atoms with Crippen molar-refractivity contribution in [3.8, 4) is 10.6 Å². The minimum absolute atomic E-state index is 0.0655. The van der Waals surface area contributed by atoms with Gasteiger partial charge in [-0.3, -0.25) is 9.69 Å². The Morgan fingerprint density at radius 1 is 1.13 bits per heavy atom. The van der Waals surface area contributed by atoms with Crippen molar-refractivity contribution in [3.05, 3.63) is 52.6 Å². The summed E-state index contributed by atoms with van der Waals surface area (Å²) in [7, 11) is 2.19. The van der Waals surface area contributed by atoms with Crippen LogP contribution in [0.4, 0.5) is 0 Å². The lowest BCUT2D eigenvalue weighted by Crippen LogP contribution is -2.43. The van der Waals surface area contributed by atoms with Gasteiger partial charge in [0.05, 0.1) is 12.1 Å². The molecule has 1 aromatic carbocycles. The maximum atomic E-state index is 12.3. The Labute approximate surface area is 190 Å². The minimum atomic E-state index is 0.0655. The molecule has 0 bridgehead atoms. The fourth-order valence-electron chi connectivity index (χ4n) is 4.26. The van der Waals surface area contributed by atoms with E-state index in [1.165, 1.54) is 36.8 Å². The molecule has 6 heteroatoms. The summed E-state index contributed by atoms with van der Waals surface area (Å²) >= 11 is 1.62. The van der Waals surface area contributed by atoms with Gasteiger partial charge in [-0.2, -0.15) is 0 Å². The zero-order valence-corrected chi connectivity index (χ0v) is 19.4. The van der Waals surface area contributed by atoms with Crippen LogP contribution in [0.1, 0.15) is 43.4 Å². The lowest BCUT2D eigenvalue weighted by Gasteiger charge is -2.32. The molecule has 1 fully saturated rings. The van der Waals surface area contributed by atoms with Crippen LogP contribution >= 0.6 is 11.3 Å². The number of carbonyl (C=O) groups is 1. The number of amides is 1. The van der Waals surface area contributed by atoms with Crippen molar-refractivity contribution >= 4 is 17.2 Å². The van der Waals surface area contributed by atoms with Gasteiger partial charge in [0.2, 0.25) is 5.91 Å². The standard InChI is InChI=1S/C25H34N4OS/c1-28-13-15-29(16-14-28)18-21-7-9-22(10-8-21)25-27-23(19-31-25)17-24(30)26-12-11-20-5-3-2-4-6-20/h5,7-10,19H,2-4,6,11-18H2,1H3,(H,26,30). The maximum Gasteiger partial charge on any atom is 0.226 e. The number of hydrogen-bond acceptors (Lipinski definition) is 5. The van der Waals surface area contributed by atoms with Crippen LogP contribution in [0.5, 0.6) is 0 Å². The molecule has 1 N–H and O–H groups in total. The molecule has 4 rings (SSSR count). The van der Waals surface area contributed by atoms with Crippen LogP contribution in [0.15, 0.2) is 41.3 Å². The Hall–Kier alpha value is -2.02. The third-order valence-corrected chi connectivity index (χ3v) is 7.19. The number of hydrogen-bond donors (Lipinski definition) is 1. The first kappa shape index (κ1) is 22.2. The number of benzene rings is 1. The summed E-state index contributed by atoms with van der Waals surface area (Å²) < 4.78 is 0. The van der Waals surface area contributed by atoms with E-state index in [2.05, 4.69) is 52.5 Å². The van der Waals surface area contributed by atoms with Crippen molar-refractivity contribution in [1.29, 1.82) is 0 Å². The van der Waals surface area contributed by atoms with Crippen molar-refractivity contribution in [2.24, 2.45) is 0 Å². The van der Waals surface area contributed by atoms with Gasteiger partial charge in [-0.05, 0) is 44.7 Å². The molecule has 2 aliphatic rings. The van der Waals surface area contributed by atoms with Crippen LogP contribution in [0.25, 0.3) is 10.6 Å². The average molecular weight is 439 g/mol. The Kier molecular flexibility index (Phi) is 7.89. The van der Waals surface area contributed by atoms with Gasteiger partial charge in [-0.25, -0.2) is 4.98 Å². The lowest BCUT2D eigenvalue weighted by molar-refractivity contribution is -0.120. The smallest absolute Gasteiger partial charge is 0.226 e. The van der Waals surface area contributed by atoms with Crippen molar-refractivity contribution in [2.75, 3.05) is 39.8 Å². The molecule has 166 valence electrons. The first-order valence-electron chi connectivity index (χ1n) is 11.5. The van der Waals surface area contributed by atoms with E-state index in [1.807, 2.05) is 5.38 Å². The number of aromatic nitrogens is 1. The van der Waals surface area contributed by atoms with Crippen LogP contribution < -0.4 is 5.32 Å². The van der Waals surface area contributed by atoms with Crippen molar-refractivity contribution in [3.63, 3.8) is 0 Å². The molecule has 1 amide bonds. The van der Waals surface area contributed by atoms with Gasteiger partial charge >= 0.3 is 0 Å². The fourth-order valence-corrected chi connectivity index (χ4v) is 5.08. The molecule has 0 spiro atoms. The normalized spacial score (nSPS) is 18.0. The van der Waals surface area contributed by atoms with E-state index >= 15 is 0 Å². The van der Waals surface area contributed by atoms with E-state index in [9.17, 15) is 4.79 Å². The highest BCUT2D eigenvalue weighted by Crippen LogP contribution is 2.25.